The van der Waals surface area contributed by atoms with Crippen molar-refractivity contribution in [2.24, 2.45) is 0 Å². The molecule has 0 unspecified atom stereocenters. The average Bonchev–Trinajstić information content (AvgIpc) is 3.08. The Bertz CT molecular complexity index is 753. The molecule has 0 radical (unpaired) electrons. The number of carbonyl (C=O) groups excluding carboxylic acids is 2. The molecule has 25 heavy (non-hydrogen) atoms. The molecule has 0 bridgehead atoms. The largest absolute Gasteiger partial charge is 0.344 e. The van der Waals surface area contributed by atoms with Crippen LogP contribution in [0.5, 0.6) is 0 Å². The van der Waals surface area contributed by atoms with Gasteiger partial charge in [-0.2, -0.15) is 0 Å². The highest BCUT2D eigenvalue weighted by Gasteiger charge is 2.24. The van der Waals surface area contributed by atoms with E-state index in [1.54, 1.807) is 6.20 Å². The van der Waals surface area contributed by atoms with Crippen molar-refractivity contribution in [3.05, 3.63) is 36.7 Å². The van der Waals surface area contributed by atoms with Crippen molar-refractivity contribution in [2.45, 2.75) is 51.6 Å². The number of hydrogen-bond acceptors (Lipinski definition) is 3. The van der Waals surface area contributed by atoms with E-state index in [-0.39, 0.29) is 11.8 Å². The zero-order valence-corrected chi connectivity index (χ0v) is 14.5. The lowest BCUT2D eigenvalue weighted by atomic mass is 10.0. The van der Waals surface area contributed by atoms with E-state index >= 15 is 0 Å². The topological polar surface area (TPSA) is 76.0 Å². The van der Waals surface area contributed by atoms with Crippen LogP contribution in [0.1, 0.15) is 39.0 Å². The van der Waals surface area contributed by atoms with Gasteiger partial charge in [0.2, 0.25) is 11.8 Å². The van der Waals surface area contributed by atoms with E-state index in [4.69, 9.17) is 0 Å². The summed E-state index contributed by atoms with van der Waals surface area (Å²) in [5, 5.41) is 5.65. The molecule has 6 heteroatoms. The first-order valence-electron chi connectivity index (χ1n) is 8.89. The first-order valence-corrected chi connectivity index (χ1v) is 8.89. The van der Waals surface area contributed by atoms with Gasteiger partial charge < -0.3 is 15.2 Å². The molecule has 2 aromatic rings. The Morgan fingerprint density at radius 2 is 2.32 bits per heavy atom. The predicted molar refractivity (Wildman–Crippen MR) is 97.0 cm³/mol. The standard InChI is InChI=1S/C19H24N4O2/c1-2-3-11-23-12-10-20-18(23)14-6-4-7-15(13-14)21-19(25)16-8-5-9-17(24)22-16/h4,6-7,10,12-13,16H,2-3,5,8-9,11H2,1H3,(H,21,25)(H,22,24)/t16-/m1/s1. The molecule has 2 heterocycles. The number of aryl methyl sites for hydroxylation is 1. The van der Waals surface area contributed by atoms with Crippen molar-refractivity contribution in [1.29, 1.82) is 0 Å². The number of nitrogens with one attached hydrogen (secondary N) is 2. The first kappa shape index (κ1) is 17.2. The minimum Gasteiger partial charge on any atom is -0.344 e. The highest BCUT2D eigenvalue weighted by molar-refractivity contribution is 5.98. The molecule has 1 fully saturated rings. The van der Waals surface area contributed by atoms with E-state index in [0.29, 0.717) is 18.5 Å². The molecule has 1 saturated heterocycles. The summed E-state index contributed by atoms with van der Waals surface area (Å²) < 4.78 is 2.13. The fourth-order valence-corrected chi connectivity index (χ4v) is 3.05. The third-order valence-electron chi connectivity index (χ3n) is 4.40. The Balaban J connectivity index is 1.72. The maximum Gasteiger partial charge on any atom is 0.246 e. The van der Waals surface area contributed by atoms with Crippen molar-refractivity contribution >= 4 is 17.5 Å². The van der Waals surface area contributed by atoms with E-state index in [2.05, 4.69) is 27.1 Å². The van der Waals surface area contributed by atoms with Crippen LogP contribution in [0.2, 0.25) is 0 Å². The number of aromatic nitrogens is 2. The number of hydrogen-bond donors (Lipinski definition) is 2. The summed E-state index contributed by atoms with van der Waals surface area (Å²) in [5.74, 6) is 0.674. The summed E-state index contributed by atoms with van der Waals surface area (Å²) in [7, 11) is 0. The smallest absolute Gasteiger partial charge is 0.246 e. The maximum atomic E-state index is 12.4. The monoisotopic (exact) mass is 340 g/mol. The maximum absolute atomic E-state index is 12.4. The molecule has 1 aromatic heterocycles. The van der Waals surface area contributed by atoms with Crippen LogP contribution >= 0.6 is 0 Å². The van der Waals surface area contributed by atoms with Crippen LogP contribution in [0, 0.1) is 0 Å². The van der Waals surface area contributed by atoms with Gasteiger partial charge >= 0.3 is 0 Å². The van der Waals surface area contributed by atoms with Crippen LogP contribution in [0.3, 0.4) is 0 Å². The fourth-order valence-electron chi connectivity index (χ4n) is 3.05. The second-order valence-corrected chi connectivity index (χ2v) is 6.38. The van der Waals surface area contributed by atoms with E-state index < -0.39 is 6.04 Å². The number of benzene rings is 1. The number of anilines is 1. The Morgan fingerprint density at radius 3 is 3.12 bits per heavy atom. The van der Waals surface area contributed by atoms with Gasteiger partial charge in [0.25, 0.3) is 0 Å². The average molecular weight is 340 g/mol. The minimum absolute atomic E-state index is 0.0573. The summed E-state index contributed by atoms with van der Waals surface area (Å²) >= 11 is 0. The van der Waals surface area contributed by atoms with Crippen molar-refractivity contribution < 1.29 is 9.59 Å². The predicted octanol–water partition coefficient (Wildman–Crippen LogP) is 2.96. The Morgan fingerprint density at radius 1 is 1.44 bits per heavy atom. The molecule has 0 saturated carbocycles. The number of rotatable bonds is 6. The van der Waals surface area contributed by atoms with Crippen LogP contribution in [-0.2, 0) is 16.1 Å². The normalized spacial score (nSPS) is 17.2. The SMILES string of the molecule is CCCCn1ccnc1-c1cccc(NC(=O)[C@H]2CCCC(=O)N2)c1. The van der Waals surface area contributed by atoms with E-state index in [0.717, 1.165) is 37.2 Å². The van der Waals surface area contributed by atoms with Gasteiger partial charge in [0.05, 0.1) is 0 Å². The number of piperidine rings is 1. The van der Waals surface area contributed by atoms with Gasteiger partial charge in [-0.3, -0.25) is 9.59 Å². The Labute approximate surface area is 147 Å². The number of imidazole rings is 1. The van der Waals surface area contributed by atoms with Gasteiger partial charge in [-0.05, 0) is 31.4 Å². The minimum atomic E-state index is -0.448. The molecule has 132 valence electrons. The lowest BCUT2D eigenvalue weighted by Gasteiger charge is -2.22. The van der Waals surface area contributed by atoms with Gasteiger partial charge in [-0.25, -0.2) is 4.98 Å². The number of unbranched alkanes of at least 4 members (excludes halogenated alkanes) is 1. The lowest BCUT2D eigenvalue weighted by molar-refractivity contribution is -0.128. The molecular weight excluding hydrogens is 316 g/mol. The van der Waals surface area contributed by atoms with Crippen molar-refractivity contribution in [3.8, 4) is 11.4 Å². The van der Waals surface area contributed by atoms with Crippen LogP contribution in [0.15, 0.2) is 36.7 Å². The molecule has 6 nitrogen and oxygen atoms in total. The molecule has 1 atom stereocenters. The molecule has 1 aliphatic rings. The highest BCUT2D eigenvalue weighted by Crippen LogP contribution is 2.22. The highest BCUT2D eigenvalue weighted by atomic mass is 16.2. The van der Waals surface area contributed by atoms with E-state index in [9.17, 15) is 9.59 Å². The summed E-state index contributed by atoms with van der Waals surface area (Å²) in [4.78, 5) is 28.3. The van der Waals surface area contributed by atoms with Crippen molar-refractivity contribution in [3.63, 3.8) is 0 Å². The van der Waals surface area contributed by atoms with Crippen LogP contribution in [0.4, 0.5) is 5.69 Å². The molecular formula is C19H24N4O2. The third-order valence-corrected chi connectivity index (χ3v) is 4.40. The summed E-state index contributed by atoms with van der Waals surface area (Å²) in [6.07, 6.45) is 7.93. The molecule has 0 aliphatic carbocycles. The van der Waals surface area contributed by atoms with Gasteiger partial charge in [0, 0.05) is 36.6 Å². The molecule has 3 rings (SSSR count). The van der Waals surface area contributed by atoms with E-state index in [1.165, 1.54) is 0 Å². The molecule has 2 N–H and O–H groups in total. The molecule has 1 aliphatic heterocycles. The summed E-state index contributed by atoms with van der Waals surface area (Å²) in [6.45, 7) is 3.09. The Kier molecular flexibility index (Phi) is 5.48. The zero-order valence-electron chi connectivity index (χ0n) is 14.5. The number of amides is 2. The second-order valence-electron chi connectivity index (χ2n) is 6.38. The summed E-state index contributed by atoms with van der Waals surface area (Å²) in [6, 6.07) is 7.22. The zero-order chi connectivity index (χ0) is 17.6. The Hall–Kier alpha value is -2.63. The van der Waals surface area contributed by atoms with Crippen LogP contribution < -0.4 is 10.6 Å². The van der Waals surface area contributed by atoms with Crippen molar-refractivity contribution in [1.82, 2.24) is 14.9 Å². The molecule has 0 spiro atoms. The molecule has 1 aromatic carbocycles. The summed E-state index contributed by atoms with van der Waals surface area (Å²) in [5.41, 5.74) is 1.68. The first-order chi connectivity index (χ1) is 12.2. The quantitative estimate of drug-likeness (QED) is 0.849. The van der Waals surface area contributed by atoms with Crippen molar-refractivity contribution in [2.75, 3.05) is 5.32 Å². The van der Waals surface area contributed by atoms with Crippen LogP contribution in [0.25, 0.3) is 11.4 Å². The number of carbonyl (C=O) groups is 2. The molecule has 2 amide bonds. The van der Waals surface area contributed by atoms with E-state index in [1.807, 2.05) is 30.5 Å². The van der Waals surface area contributed by atoms with Crippen LogP contribution in [-0.4, -0.2) is 27.4 Å². The van der Waals surface area contributed by atoms with Gasteiger partial charge in [0.15, 0.2) is 0 Å². The second kappa shape index (κ2) is 7.96. The fraction of sp³-hybridized carbons (Fsp3) is 0.421. The van der Waals surface area contributed by atoms with Gasteiger partial charge in [0.1, 0.15) is 11.9 Å². The van der Waals surface area contributed by atoms with Gasteiger partial charge in [-0.1, -0.05) is 25.5 Å². The van der Waals surface area contributed by atoms with Gasteiger partial charge in [-0.15, -0.1) is 0 Å². The third kappa shape index (κ3) is 4.26. The lowest BCUT2D eigenvalue weighted by Crippen LogP contribution is -2.46. The number of nitrogens with zero attached hydrogens (tertiary/aromatic N) is 2.